The van der Waals surface area contributed by atoms with E-state index in [1.807, 2.05) is 60.8 Å². The maximum atomic E-state index is 12.8. The van der Waals surface area contributed by atoms with E-state index in [0.29, 0.717) is 14.9 Å². The van der Waals surface area contributed by atoms with Crippen molar-refractivity contribution in [2.24, 2.45) is 0 Å². The van der Waals surface area contributed by atoms with E-state index >= 15 is 0 Å². The van der Waals surface area contributed by atoms with Crippen molar-refractivity contribution in [1.82, 2.24) is 14.7 Å². The molecule has 0 unspecified atom stereocenters. The largest absolute Gasteiger partial charge is 0.550 e. The number of methoxy groups -OCH3 is 1. The molecule has 0 atom stereocenters. The lowest BCUT2D eigenvalue weighted by Gasteiger charge is -2.14. The highest BCUT2D eigenvalue weighted by molar-refractivity contribution is 8.26. The van der Waals surface area contributed by atoms with Crippen molar-refractivity contribution < 1.29 is 19.4 Å². The molecule has 1 aromatic heterocycles. The summed E-state index contributed by atoms with van der Waals surface area (Å²) in [6, 6.07) is 17.1. The number of thiocarbonyl (C=S) groups is 1. The predicted molar refractivity (Wildman–Crippen MR) is 125 cm³/mol. The van der Waals surface area contributed by atoms with Crippen molar-refractivity contribution in [3.05, 3.63) is 71.3 Å². The molecule has 1 aliphatic heterocycles. The molecule has 0 saturated carbocycles. The van der Waals surface area contributed by atoms with Gasteiger partial charge in [0.15, 0.2) is 0 Å². The Morgan fingerprint density at radius 2 is 1.91 bits per heavy atom. The average molecular weight is 465 g/mol. The minimum Gasteiger partial charge on any atom is -0.550 e. The van der Waals surface area contributed by atoms with Crippen LogP contribution < -0.4 is 9.84 Å². The van der Waals surface area contributed by atoms with Crippen molar-refractivity contribution in [3.63, 3.8) is 0 Å². The highest BCUT2D eigenvalue weighted by Gasteiger charge is 2.32. The number of nitrogens with zero attached hydrogens (tertiary/aromatic N) is 3. The van der Waals surface area contributed by atoms with Gasteiger partial charge in [-0.05, 0) is 42.5 Å². The standard InChI is InChI=1S/C23H19N3O4S2/c1-30-18-9-7-15(8-10-18)21-16(14-26(24-21)17-5-3-2-4-6-17)13-19-22(29)25(23(31)32-19)12-11-20(27)28/h2-10,13-14H,11-12H2,1H3,(H,27,28)/p-1/b19-13+. The van der Waals surface area contributed by atoms with Crippen molar-refractivity contribution in [2.45, 2.75) is 6.42 Å². The van der Waals surface area contributed by atoms with E-state index in [1.54, 1.807) is 17.9 Å². The molecule has 2 aromatic carbocycles. The molecule has 0 spiro atoms. The van der Waals surface area contributed by atoms with Crippen LogP contribution in [-0.4, -0.2) is 44.5 Å². The third-order valence-electron chi connectivity index (χ3n) is 4.83. The molecule has 32 heavy (non-hydrogen) atoms. The Hall–Kier alpha value is -3.43. The smallest absolute Gasteiger partial charge is 0.266 e. The van der Waals surface area contributed by atoms with E-state index < -0.39 is 5.97 Å². The highest BCUT2D eigenvalue weighted by Crippen LogP contribution is 2.35. The van der Waals surface area contributed by atoms with Gasteiger partial charge in [0.25, 0.3) is 5.91 Å². The molecular weight excluding hydrogens is 446 g/mol. The minimum absolute atomic E-state index is 0.0149. The van der Waals surface area contributed by atoms with Gasteiger partial charge in [0.2, 0.25) is 0 Å². The van der Waals surface area contributed by atoms with Crippen LogP contribution in [-0.2, 0) is 9.59 Å². The minimum atomic E-state index is -1.23. The molecule has 0 bridgehead atoms. The number of aliphatic carboxylic acids is 1. The monoisotopic (exact) mass is 464 g/mol. The Kier molecular flexibility index (Phi) is 6.38. The summed E-state index contributed by atoms with van der Waals surface area (Å²) in [7, 11) is 1.60. The van der Waals surface area contributed by atoms with Gasteiger partial charge in [-0.25, -0.2) is 4.68 Å². The number of carboxylic acid groups (broad SMARTS) is 1. The summed E-state index contributed by atoms with van der Waals surface area (Å²) >= 11 is 6.42. The number of ether oxygens (including phenoxy) is 1. The van der Waals surface area contributed by atoms with Crippen LogP contribution in [0.5, 0.6) is 5.75 Å². The fraction of sp³-hybridized carbons (Fsp3) is 0.130. The first-order valence-corrected chi connectivity index (χ1v) is 10.9. The van der Waals surface area contributed by atoms with Crippen molar-refractivity contribution in [2.75, 3.05) is 13.7 Å². The third kappa shape index (κ3) is 4.58. The van der Waals surface area contributed by atoms with Gasteiger partial charge in [0, 0.05) is 36.3 Å². The number of rotatable bonds is 7. The number of thioether (sulfide) groups is 1. The van der Waals surface area contributed by atoms with E-state index in [2.05, 4.69) is 0 Å². The summed E-state index contributed by atoms with van der Waals surface area (Å²) in [5.74, 6) is -0.824. The molecule has 0 radical (unpaired) electrons. The van der Waals surface area contributed by atoms with E-state index in [4.69, 9.17) is 22.1 Å². The summed E-state index contributed by atoms with van der Waals surface area (Å²) in [6.45, 7) is -0.0149. The molecule has 1 fully saturated rings. The van der Waals surface area contributed by atoms with Crippen LogP contribution in [0.2, 0.25) is 0 Å². The quantitative estimate of drug-likeness (QED) is 0.392. The molecule has 3 aromatic rings. The lowest BCUT2D eigenvalue weighted by Crippen LogP contribution is -2.33. The van der Waals surface area contributed by atoms with Gasteiger partial charge in [-0.1, -0.05) is 42.2 Å². The van der Waals surface area contributed by atoms with Gasteiger partial charge in [0.05, 0.1) is 23.4 Å². The van der Waals surface area contributed by atoms with Crippen LogP contribution in [0, 0.1) is 0 Å². The Morgan fingerprint density at radius 3 is 2.56 bits per heavy atom. The number of para-hydroxylation sites is 1. The van der Waals surface area contributed by atoms with Crippen LogP contribution in [0.25, 0.3) is 23.0 Å². The first-order chi connectivity index (χ1) is 15.5. The second kappa shape index (κ2) is 9.37. The number of carbonyl (C=O) groups is 2. The zero-order chi connectivity index (χ0) is 22.7. The number of hydrogen-bond acceptors (Lipinski definition) is 7. The van der Waals surface area contributed by atoms with Gasteiger partial charge in [-0.3, -0.25) is 9.69 Å². The molecule has 7 nitrogen and oxygen atoms in total. The average Bonchev–Trinajstić information content (AvgIpc) is 3.34. The first kappa shape index (κ1) is 21.8. The molecule has 1 saturated heterocycles. The second-order valence-electron chi connectivity index (χ2n) is 6.90. The topological polar surface area (TPSA) is 87.5 Å². The Labute approximate surface area is 194 Å². The fourth-order valence-electron chi connectivity index (χ4n) is 3.22. The Morgan fingerprint density at radius 1 is 1.19 bits per heavy atom. The number of hydrogen-bond donors (Lipinski definition) is 0. The van der Waals surface area contributed by atoms with Crippen molar-refractivity contribution >= 4 is 46.3 Å². The maximum absolute atomic E-state index is 12.8. The van der Waals surface area contributed by atoms with Crippen LogP contribution in [0.4, 0.5) is 0 Å². The molecule has 1 aliphatic rings. The summed E-state index contributed by atoms with van der Waals surface area (Å²) in [6.07, 6.45) is 3.32. The van der Waals surface area contributed by atoms with E-state index in [9.17, 15) is 14.7 Å². The Bertz CT molecular complexity index is 1200. The SMILES string of the molecule is COc1ccc(-c2nn(-c3ccccc3)cc2/C=C2/SC(=S)N(CCC(=O)[O-])C2=O)cc1. The van der Waals surface area contributed by atoms with Crippen LogP contribution in [0.15, 0.2) is 65.7 Å². The molecule has 162 valence electrons. The van der Waals surface area contributed by atoms with E-state index in [1.165, 1.54) is 4.90 Å². The zero-order valence-electron chi connectivity index (χ0n) is 17.1. The Balaban J connectivity index is 1.73. The first-order valence-electron chi connectivity index (χ1n) is 9.71. The van der Waals surface area contributed by atoms with Crippen molar-refractivity contribution in [3.8, 4) is 22.7 Å². The van der Waals surface area contributed by atoms with E-state index in [0.717, 1.165) is 34.3 Å². The van der Waals surface area contributed by atoms with Crippen LogP contribution in [0.3, 0.4) is 0 Å². The maximum Gasteiger partial charge on any atom is 0.266 e. The molecule has 2 heterocycles. The van der Waals surface area contributed by atoms with Gasteiger partial charge in [0.1, 0.15) is 10.1 Å². The summed E-state index contributed by atoms with van der Waals surface area (Å²) in [5.41, 5.74) is 3.17. The summed E-state index contributed by atoms with van der Waals surface area (Å²) in [5, 5.41) is 15.5. The number of carboxylic acids is 1. The van der Waals surface area contributed by atoms with Gasteiger partial charge >= 0.3 is 0 Å². The summed E-state index contributed by atoms with van der Waals surface area (Å²) in [4.78, 5) is 25.3. The number of carbonyl (C=O) groups excluding carboxylic acids is 2. The molecule has 0 aliphatic carbocycles. The normalized spacial score (nSPS) is 14.9. The molecular formula is C23H18N3O4S2-. The fourth-order valence-corrected chi connectivity index (χ4v) is 4.52. The molecule has 4 rings (SSSR count). The number of aromatic nitrogens is 2. The number of amides is 1. The predicted octanol–water partition coefficient (Wildman–Crippen LogP) is 2.89. The molecule has 9 heteroatoms. The summed E-state index contributed by atoms with van der Waals surface area (Å²) < 4.78 is 7.32. The molecule has 1 amide bonds. The van der Waals surface area contributed by atoms with Gasteiger partial charge in [-0.2, -0.15) is 5.10 Å². The van der Waals surface area contributed by atoms with Crippen molar-refractivity contribution in [1.29, 1.82) is 0 Å². The molecule has 0 N–H and O–H groups in total. The van der Waals surface area contributed by atoms with E-state index in [-0.39, 0.29) is 18.9 Å². The van der Waals surface area contributed by atoms with Crippen LogP contribution in [0.1, 0.15) is 12.0 Å². The highest BCUT2D eigenvalue weighted by atomic mass is 32.2. The lowest BCUT2D eigenvalue weighted by molar-refractivity contribution is -0.305. The van der Waals surface area contributed by atoms with Gasteiger partial charge < -0.3 is 14.6 Å². The lowest BCUT2D eigenvalue weighted by atomic mass is 10.1. The zero-order valence-corrected chi connectivity index (χ0v) is 18.7. The third-order valence-corrected chi connectivity index (χ3v) is 6.20. The second-order valence-corrected chi connectivity index (χ2v) is 8.57. The van der Waals surface area contributed by atoms with Gasteiger partial charge in [-0.15, -0.1) is 0 Å². The van der Waals surface area contributed by atoms with Crippen LogP contribution >= 0.6 is 24.0 Å². The number of benzene rings is 2.